The summed E-state index contributed by atoms with van der Waals surface area (Å²) in [7, 11) is 0. The molecule has 0 saturated carbocycles. The molecule has 0 atom stereocenters. The SMILES string of the molecule is O=C1CCCN1.[Be+2].[H-].[H-]. The molecule has 0 spiro atoms. The van der Waals surface area contributed by atoms with E-state index in [1.807, 2.05) is 0 Å². The minimum absolute atomic E-state index is 0. The van der Waals surface area contributed by atoms with Crippen LogP contribution >= 0.6 is 0 Å². The van der Waals surface area contributed by atoms with Crippen LogP contribution < -0.4 is 5.32 Å². The third-order valence-corrected chi connectivity index (χ3v) is 0.903. The van der Waals surface area contributed by atoms with E-state index in [0.717, 1.165) is 19.4 Å². The first-order valence-corrected chi connectivity index (χ1v) is 2.16. The number of nitrogens with one attached hydrogen (secondary N) is 1. The summed E-state index contributed by atoms with van der Waals surface area (Å²) in [5.74, 6) is 0.204. The standard InChI is InChI=1S/C4H7NO.Be.2H/c6-4-2-1-3-5-4;;;/h1-3H2,(H,5,6);;;/q;+2;2*-1. The fourth-order valence-electron chi connectivity index (χ4n) is 0.565. The van der Waals surface area contributed by atoms with Gasteiger partial charge in [-0.15, -0.1) is 0 Å². The molecule has 7 heavy (non-hydrogen) atoms. The Morgan fingerprint density at radius 1 is 1.71 bits per heavy atom. The summed E-state index contributed by atoms with van der Waals surface area (Å²) in [4.78, 5) is 10.1. The second-order valence-corrected chi connectivity index (χ2v) is 1.45. The zero-order valence-corrected chi connectivity index (χ0v) is 4.24. The molecule has 1 rings (SSSR count). The quantitative estimate of drug-likeness (QED) is 0.414. The molecule has 0 radical (unpaired) electrons. The van der Waals surface area contributed by atoms with Gasteiger partial charge in [0.25, 0.3) is 0 Å². The fraction of sp³-hybridized carbons (Fsp3) is 0.750. The van der Waals surface area contributed by atoms with Crippen molar-refractivity contribution in [2.24, 2.45) is 0 Å². The minimum atomic E-state index is 0. The molecule has 0 aliphatic carbocycles. The number of hydrogen-bond acceptors (Lipinski definition) is 1. The first kappa shape index (κ1) is 6.64. The predicted octanol–water partition coefficient (Wildman–Crippen LogP) is -0.259. The Balaban J connectivity index is -0.000000120. The van der Waals surface area contributed by atoms with Crippen LogP contribution in [0.25, 0.3) is 0 Å². The minimum Gasteiger partial charge on any atom is -1.00 e. The van der Waals surface area contributed by atoms with Gasteiger partial charge in [-0.1, -0.05) is 0 Å². The van der Waals surface area contributed by atoms with Crippen LogP contribution in [-0.4, -0.2) is 22.6 Å². The van der Waals surface area contributed by atoms with Crippen molar-refractivity contribution in [1.29, 1.82) is 0 Å². The molecule has 0 unspecified atom stereocenters. The van der Waals surface area contributed by atoms with Crippen LogP contribution in [0.3, 0.4) is 0 Å². The van der Waals surface area contributed by atoms with Crippen LogP contribution in [0.15, 0.2) is 0 Å². The van der Waals surface area contributed by atoms with Crippen molar-refractivity contribution in [1.82, 2.24) is 5.32 Å². The molecule has 38 valence electrons. The smallest absolute Gasteiger partial charge is 1.00 e. The molecule has 1 amide bonds. The summed E-state index contributed by atoms with van der Waals surface area (Å²) in [5.41, 5.74) is 0. The van der Waals surface area contributed by atoms with E-state index in [-0.39, 0.29) is 18.9 Å². The van der Waals surface area contributed by atoms with Gasteiger partial charge in [0.2, 0.25) is 5.91 Å². The summed E-state index contributed by atoms with van der Waals surface area (Å²) in [6, 6.07) is 0. The first-order valence-electron chi connectivity index (χ1n) is 2.16. The molecule has 0 aromatic rings. The summed E-state index contributed by atoms with van der Waals surface area (Å²) in [6.45, 7) is 0.888. The summed E-state index contributed by atoms with van der Waals surface area (Å²) < 4.78 is 0. The number of rotatable bonds is 0. The molecule has 1 saturated heterocycles. The molecule has 1 heterocycles. The van der Waals surface area contributed by atoms with Gasteiger partial charge in [-0.3, -0.25) is 4.79 Å². The molecule has 1 fully saturated rings. The molecule has 2 nitrogen and oxygen atoms in total. The van der Waals surface area contributed by atoms with Gasteiger partial charge < -0.3 is 8.17 Å². The zero-order valence-electron chi connectivity index (χ0n) is 6.24. The molecule has 0 aromatic carbocycles. The van der Waals surface area contributed by atoms with Crippen LogP contribution in [0.1, 0.15) is 15.7 Å². The molecule has 0 aromatic heterocycles. The van der Waals surface area contributed by atoms with Crippen LogP contribution in [-0.2, 0) is 4.79 Å². The number of carbonyl (C=O) groups is 1. The number of amides is 1. The largest absolute Gasteiger partial charge is 2.00 e. The monoisotopic (exact) mass is 96.1 g/mol. The normalized spacial score (nSPS) is 18.0. The second-order valence-electron chi connectivity index (χ2n) is 1.45. The van der Waals surface area contributed by atoms with E-state index in [4.69, 9.17) is 0 Å². The van der Waals surface area contributed by atoms with Crippen molar-refractivity contribution >= 4 is 16.0 Å². The van der Waals surface area contributed by atoms with Crippen molar-refractivity contribution in [3.05, 3.63) is 0 Å². The van der Waals surface area contributed by atoms with Crippen molar-refractivity contribution in [2.45, 2.75) is 12.8 Å². The van der Waals surface area contributed by atoms with Gasteiger partial charge in [0.05, 0.1) is 0 Å². The van der Waals surface area contributed by atoms with E-state index in [2.05, 4.69) is 5.32 Å². The van der Waals surface area contributed by atoms with Gasteiger partial charge in [-0.25, -0.2) is 0 Å². The van der Waals surface area contributed by atoms with Crippen molar-refractivity contribution in [3.63, 3.8) is 0 Å². The van der Waals surface area contributed by atoms with E-state index >= 15 is 0 Å². The van der Waals surface area contributed by atoms with E-state index in [1.165, 1.54) is 0 Å². The average molecular weight is 96.1 g/mol. The third-order valence-electron chi connectivity index (χ3n) is 0.903. The van der Waals surface area contributed by atoms with Gasteiger partial charge in [0, 0.05) is 13.0 Å². The van der Waals surface area contributed by atoms with Crippen LogP contribution in [0.4, 0.5) is 0 Å². The van der Waals surface area contributed by atoms with E-state index in [9.17, 15) is 4.79 Å². The summed E-state index contributed by atoms with van der Waals surface area (Å²) >= 11 is 0. The Morgan fingerprint density at radius 2 is 2.43 bits per heavy atom. The van der Waals surface area contributed by atoms with Crippen molar-refractivity contribution in [2.75, 3.05) is 6.54 Å². The fourth-order valence-corrected chi connectivity index (χ4v) is 0.565. The number of hydrogen-bond donors (Lipinski definition) is 1. The average Bonchev–Trinajstić information content (AvgIpc) is 1.86. The van der Waals surface area contributed by atoms with Crippen LogP contribution in [0.5, 0.6) is 0 Å². The van der Waals surface area contributed by atoms with Gasteiger partial charge in [-0.2, -0.15) is 0 Å². The maximum Gasteiger partial charge on any atom is 2.00 e. The van der Waals surface area contributed by atoms with Gasteiger partial charge in [0.15, 0.2) is 0 Å². The molecule has 0 bridgehead atoms. The van der Waals surface area contributed by atoms with Gasteiger partial charge in [0.1, 0.15) is 0 Å². The Hall–Kier alpha value is -0.361. The van der Waals surface area contributed by atoms with Gasteiger partial charge in [-0.05, 0) is 6.42 Å². The van der Waals surface area contributed by atoms with E-state index in [1.54, 1.807) is 0 Å². The molecular formula is C4H9BeNO. The van der Waals surface area contributed by atoms with Gasteiger partial charge >= 0.3 is 10.1 Å². The Morgan fingerprint density at radius 3 is 2.57 bits per heavy atom. The molecular weight excluding hydrogens is 87.1 g/mol. The maximum atomic E-state index is 10.1. The Labute approximate surface area is 49.5 Å². The molecule has 3 heteroatoms. The maximum absolute atomic E-state index is 10.1. The van der Waals surface area contributed by atoms with E-state index < -0.39 is 0 Å². The Kier molecular flexibility index (Phi) is 2.61. The zero-order chi connectivity index (χ0) is 4.41. The van der Waals surface area contributed by atoms with Crippen LogP contribution in [0, 0.1) is 0 Å². The summed E-state index contributed by atoms with van der Waals surface area (Å²) in [5, 5.41) is 2.68. The second kappa shape index (κ2) is 2.75. The molecule has 1 aliphatic rings. The molecule has 1 aliphatic heterocycles. The third kappa shape index (κ3) is 1.69. The topological polar surface area (TPSA) is 29.1 Å². The van der Waals surface area contributed by atoms with Crippen LogP contribution in [0.2, 0.25) is 0 Å². The molecule has 1 N–H and O–H groups in total. The predicted molar refractivity (Wildman–Crippen MR) is 30.2 cm³/mol. The van der Waals surface area contributed by atoms with Crippen molar-refractivity contribution < 1.29 is 7.65 Å². The Bertz CT molecular complexity index is 73.0. The summed E-state index contributed by atoms with van der Waals surface area (Å²) in [6.07, 6.45) is 1.76. The number of carbonyl (C=O) groups excluding carboxylic acids is 1. The van der Waals surface area contributed by atoms with E-state index in [0.29, 0.717) is 0 Å². The first-order chi connectivity index (χ1) is 2.89. The van der Waals surface area contributed by atoms with Crippen molar-refractivity contribution in [3.8, 4) is 0 Å².